The van der Waals surface area contributed by atoms with Gasteiger partial charge in [0.25, 0.3) is 5.91 Å². The number of amides is 1. The van der Waals surface area contributed by atoms with Gasteiger partial charge < -0.3 is 9.88 Å². The van der Waals surface area contributed by atoms with Crippen LogP contribution in [0, 0.1) is 5.82 Å². The maximum Gasteiger partial charge on any atom is 0.289 e. The van der Waals surface area contributed by atoms with Gasteiger partial charge in [0.05, 0.1) is 5.52 Å². The molecule has 0 fully saturated rings. The zero-order valence-electron chi connectivity index (χ0n) is 10.0. The number of hydrogen-bond acceptors (Lipinski definition) is 2. The van der Waals surface area contributed by atoms with E-state index in [0.29, 0.717) is 17.5 Å². The van der Waals surface area contributed by atoms with Crippen LogP contribution in [-0.2, 0) is 6.42 Å². The summed E-state index contributed by atoms with van der Waals surface area (Å²) in [5.41, 5.74) is 1.38. The predicted molar refractivity (Wildman–Crippen MR) is 63.4 cm³/mol. The van der Waals surface area contributed by atoms with Gasteiger partial charge in [-0.2, -0.15) is 0 Å². The molecule has 0 saturated heterocycles. The Morgan fingerprint density at radius 1 is 1.47 bits per heavy atom. The molecule has 0 aliphatic carbocycles. The Hall–Kier alpha value is -1.91. The molecule has 2 rings (SSSR count). The Kier molecular flexibility index (Phi) is 2.83. The van der Waals surface area contributed by atoms with Crippen molar-refractivity contribution in [2.24, 2.45) is 0 Å². The van der Waals surface area contributed by atoms with E-state index in [1.165, 1.54) is 4.90 Å². The van der Waals surface area contributed by atoms with Gasteiger partial charge in [-0.05, 0) is 18.1 Å². The Morgan fingerprint density at radius 3 is 2.76 bits per heavy atom. The highest BCUT2D eigenvalue weighted by atomic mass is 19.1. The summed E-state index contributed by atoms with van der Waals surface area (Å²) < 4.78 is 13.9. The summed E-state index contributed by atoms with van der Waals surface area (Å²) in [6.07, 6.45) is 0.603. The first-order valence-electron chi connectivity index (χ1n) is 5.43. The summed E-state index contributed by atoms with van der Waals surface area (Å²) in [5, 5.41) is 0. The minimum absolute atomic E-state index is 0.164. The van der Waals surface area contributed by atoms with Crippen LogP contribution in [0.5, 0.6) is 0 Å². The second-order valence-corrected chi connectivity index (χ2v) is 4.07. The van der Waals surface area contributed by atoms with E-state index in [-0.39, 0.29) is 23.1 Å². The van der Waals surface area contributed by atoms with E-state index >= 15 is 0 Å². The Bertz CT molecular complexity index is 574. The average molecular weight is 235 g/mol. The highest BCUT2D eigenvalue weighted by Gasteiger charge is 2.16. The molecule has 1 amide bonds. The molecule has 0 spiro atoms. The number of carbonyl (C=O) groups excluding carboxylic acids is 1. The molecule has 1 N–H and O–H groups in total. The van der Waals surface area contributed by atoms with Gasteiger partial charge in [-0.3, -0.25) is 4.79 Å². The van der Waals surface area contributed by atoms with Crippen molar-refractivity contribution in [3.8, 4) is 0 Å². The van der Waals surface area contributed by atoms with Crippen molar-refractivity contribution in [1.29, 1.82) is 0 Å². The summed E-state index contributed by atoms with van der Waals surface area (Å²) in [7, 11) is 3.26. The third-order valence-corrected chi connectivity index (χ3v) is 2.66. The number of nitrogens with zero attached hydrogens (tertiary/aromatic N) is 2. The molecule has 1 heterocycles. The van der Waals surface area contributed by atoms with Crippen LogP contribution in [0.4, 0.5) is 4.39 Å². The molecule has 4 nitrogen and oxygen atoms in total. The van der Waals surface area contributed by atoms with Gasteiger partial charge in [0.2, 0.25) is 0 Å². The normalized spacial score (nSPS) is 10.8. The van der Waals surface area contributed by atoms with Crippen molar-refractivity contribution in [1.82, 2.24) is 14.9 Å². The SMILES string of the molecule is CCc1ccc2[nH]c(C(=O)N(C)C)nc2c1F. The van der Waals surface area contributed by atoms with E-state index in [1.807, 2.05) is 6.92 Å². The molecular formula is C12H14FN3O. The lowest BCUT2D eigenvalue weighted by Crippen LogP contribution is -2.22. The molecule has 0 radical (unpaired) electrons. The molecular weight excluding hydrogens is 221 g/mol. The summed E-state index contributed by atoms with van der Waals surface area (Å²) in [5.74, 6) is -0.449. The number of aromatic nitrogens is 2. The third-order valence-electron chi connectivity index (χ3n) is 2.66. The lowest BCUT2D eigenvalue weighted by atomic mass is 10.1. The van der Waals surface area contributed by atoms with Crippen molar-refractivity contribution in [2.45, 2.75) is 13.3 Å². The molecule has 1 aromatic carbocycles. The Labute approximate surface area is 98.5 Å². The van der Waals surface area contributed by atoms with Crippen molar-refractivity contribution < 1.29 is 9.18 Å². The standard InChI is InChI=1S/C12H14FN3O/c1-4-7-5-6-8-10(9(7)13)15-11(14-8)12(17)16(2)3/h5-6H,4H2,1-3H3,(H,14,15). The maximum atomic E-state index is 13.9. The summed E-state index contributed by atoms with van der Waals surface area (Å²) >= 11 is 0. The fraction of sp³-hybridized carbons (Fsp3) is 0.333. The Balaban J connectivity index is 2.58. The zero-order chi connectivity index (χ0) is 12.6. The molecule has 0 bridgehead atoms. The minimum atomic E-state index is -0.348. The van der Waals surface area contributed by atoms with Gasteiger partial charge in [0.15, 0.2) is 11.6 Å². The van der Waals surface area contributed by atoms with Gasteiger partial charge in [0, 0.05) is 14.1 Å². The number of rotatable bonds is 2. The molecule has 90 valence electrons. The Morgan fingerprint density at radius 2 is 2.18 bits per heavy atom. The molecule has 0 aliphatic rings. The number of nitrogens with one attached hydrogen (secondary N) is 1. The molecule has 1 aromatic heterocycles. The number of aromatic amines is 1. The van der Waals surface area contributed by atoms with Crippen molar-refractivity contribution in [3.63, 3.8) is 0 Å². The number of hydrogen-bond donors (Lipinski definition) is 1. The largest absolute Gasteiger partial charge is 0.342 e. The molecule has 17 heavy (non-hydrogen) atoms. The molecule has 0 aliphatic heterocycles. The first kappa shape index (κ1) is 11.6. The van der Waals surface area contributed by atoms with Gasteiger partial charge in [-0.25, -0.2) is 9.37 Å². The van der Waals surface area contributed by atoms with E-state index < -0.39 is 0 Å². The number of halogens is 1. The first-order chi connectivity index (χ1) is 8.04. The zero-order valence-corrected chi connectivity index (χ0v) is 10.0. The van der Waals surface area contributed by atoms with Crippen LogP contribution in [-0.4, -0.2) is 34.9 Å². The van der Waals surface area contributed by atoms with E-state index in [2.05, 4.69) is 9.97 Å². The van der Waals surface area contributed by atoms with Crippen LogP contribution in [0.3, 0.4) is 0 Å². The average Bonchev–Trinajstić information content (AvgIpc) is 2.73. The van der Waals surface area contributed by atoms with Gasteiger partial charge in [-0.15, -0.1) is 0 Å². The second-order valence-electron chi connectivity index (χ2n) is 4.07. The van der Waals surface area contributed by atoms with Crippen LogP contribution in [0.1, 0.15) is 23.1 Å². The molecule has 0 unspecified atom stereocenters. The number of carbonyl (C=O) groups is 1. The van der Waals surface area contributed by atoms with E-state index in [0.717, 1.165) is 0 Å². The molecule has 0 atom stereocenters. The fourth-order valence-electron chi connectivity index (χ4n) is 1.67. The fourth-order valence-corrected chi connectivity index (χ4v) is 1.67. The lowest BCUT2D eigenvalue weighted by Gasteiger charge is -2.06. The van der Waals surface area contributed by atoms with Crippen LogP contribution in [0.25, 0.3) is 11.0 Å². The number of benzene rings is 1. The minimum Gasteiger partial charge on any atom is -0.342 e. The molecule has 2 aromatic rings. The van der Waals surface area contributed by atoms with E-state index in [1.54, 1.807) is 26.2 Å². The van der Waals surface area contributed by atoms with Gasteiger partial charge in [0.1, 0.15) is 5.52 Å². The smallest absolute Gasteiger partial charge is 0.289 e. The summed E-state index contributed by atoms with van der Waals surface area (Å²) in [6.45, 7) is 1.88. The topological polar surface area (TPSA) is 49.0 Å². The van der Waals surface area contributed by atoms with E-state index in [9.17, 15) is 9.18 Å². The van der Waals surface area contributed by atoms with E-state index in [4.69, 9.17) is 0 Å². The van der Waals surface area contributed by atoms with Crippen molar-refractivity contribution in [2.75, 3.05) is 14.1 Å². The lowest BCUT2D eigenvalue weighted by molar-refractivity contribution is 0.0817. The van der Waals surface area contributed by atoms with Crippen LogP contribution < -0.4 is 0 Å². The maximum absolute atomic E-state index is 13.9. The quantitative estimate of drug-likeness (QED) is 0.865. The third kappa shape index (κ3) is 1.88. The number of fused-ring (bicyclic) bond motifs is 1. The highest BCUT2D eigenvalue weighted by Crippen LogP contribution is 2.19. The highest BCUT2D eigenvalue weighted by molar-refractivity contribution is 5.94. The monoisotopic (exact) mass is 235 g/mol. The van der Waals surface area contributed by atoms with Gasteiger partial charge in [-0.1, -0.05) is 13.0 Å². The summed E-state index contributed by atoms with van der Waals surface area (Å²) in [6, 6.07) is 3.45. The molecule has 5 heteroatoms. The predicted octanol–water partition coefficient (Wildman–Crippen LogP) is 1.97. The first-order valence-corrected chi connectivity index (χ1v) is 5.43. The van der Waals surface area contributed by atoms with Crippen LogP contribution in [0.15, 0.2) is 12.1 Å². The second kappa shape index (κ2) is 4.16. The van der Waals surface area contributed by atoms with Crippen LogP contribution in [0.2, 0.25) is 0 Å². The van der Waals surface area contributed by atoms with Crippen LogP contribution >= 0.6 is 0 Å². The molecule has 0 saturated carbocycles. The number of imidazole rings is 1. The number of aryl methyl sites for hydroxylation is 1. The van der Waals surface area contributed by atoms with Gasteiger partial charge >= 0.3 is 0 Å². The van der Waals surface area contributed by atoms with Crippen molar-refractivity contribution in [3.05, 3.63) is 29.3 Å². The van der Waals surface area contributed by atoms with Crippen molar-refractivity contribution >= 4 is 16.9 Å². The number of H-pyrrole nitrogens is 1. The summed E-state index contributed by atoms with van der Waals surface area (Å²) in [4.78, 5) is 19.9.